The minimum absolute atomic E-state index is 0.678. The van der Waals surface area contributed by atoms with Crippen LogP contribution < -0.4 is 10.6 Å². The van der Waals surface area contributed by atoms with Crippen molar-refractivity contribution in [2.45, 2.75) is 27.2 Å². The van der Waals surface area contributed by atoms with Crippen LogP contribution in [0.4, 0.5) is 11.4 Å². The van der Waals surface area contributed by atoms with Crippen LogP contribution in [-0.4, -0.2) is 13.6 Å². The molecule has 2 N–H and O–H groups in total. The van der Waals surface area contributed by atoms with Gasteiger partial charge >= 0.3 is 0 Å². The lowest BCUT2D eigenvalue weighted by Crippen LogP contribution is -2.15. The van der Waals surface area contributed by atoms with E-state index in [2.05, 4.69) is 69.1 Å². The summed E-state index contributed by atoms with van der Waals surface area (Å²) in [5.41, 5.74) is 13.4. The maximum absolute atomic E-state index is 5.75. The first kappa shape index (κ1) is 14.6. The molecule has 0 spiro atoms. The zero-order valence-electron chi connectivity index (χ0n) is 12.9. The fourth-order valence-electron chi connectivity index (χ4n) is 2.71. The first-order chi connectivity index (χ1) is 9.52. The summed E-state index contributed by atoms with van der Waals surface area (Å²) in [4.78, 5) is 2.26. The number of hydrogen-bond acceptors (Lipinski definition) is 2. The van der Waals surface area contributed by atoms with E-state index < -0.39 is 0 Å². The molecule has 0 fully saturated rings. The summed E-state index contributed by atoms with van der Waals surface area (Å²) in [5, 5.41) is 0. The Labute approximate surface area is 122 Å². The van der Waals surface area contributed by atoms with Crippen LogP contribution in [0, 0.1) is 20.8 Å². The molecule has 0 bridgehead atoms. The number of benzene rings is 2. The topological polar surface area (TPSA) is 29.3 Å². The maximum Gasteiger partial charge on any atom is 0.0441 e. The molecular formula is C18H24N2. The van der Waals surface area contributed by atoms with Crippen LogP contribution in [0.3, 0.4) is 0 Å². The Balaban J connectivity index is 2.44. The van der Waals surface area contributed by atoms with Gasteiger partial charge in [-0.05, 0) is 57.0 Å². The van der Waals surface area contributed by atoms with Crippen molar-refractivity contribution in [3.05, 3.63) is 58.7 Å². The van der Waals surface area contributed by atoms with Gasteiger partial charge < -0.3 is 10.6 Å². The average molecular weight is 268 g/mol. The summed E-state index contributed by atoms with van der Waals surface area (Å²) >= 11 is 0. The Morgan fingerprint density at radius 2 is 1.50 bits per heavy atom. The molecule has 0 radical (unpaired) electrons. The lowest BCUT2D eigenvalue weighted by atomic mass is 10.0. The van der Waals surface area contributed by atoms with Crippen LogP contribution in [0.25, 0.3) is 0 Å². The molecule has 106 valence electrons. The van der Waals surface area contributed by atoms with Crippen molar-refractivity contribution in [1.82, 2.24) is 0 Å². The predicted molar refractivity (Wildman–Crippen MR) is 87.9 cm³/mol. The van der Waals surface area contributed by atoms with Crippen LogP contribution in [0.5, 0.6) is 0 Å². The Bertz CT molecular complexity index is 602. The number of aryl methyl sites for hydroxylation is 3. The molecule has 0 aliphatic rings. The number of nitrogens with zero attached hydrogens (tertiary/aromatic N) is 1. The van der Waals surface area contributed by atoms with Crippen molar-refractivity contribution < 1.29 is 0 Å². The van der Waals surface area contributed by atoms with Gasteiger partial charge in [-0.25, -0.2) is 0 Å². The van der Waals surface area contributed by atoms with Gasteiger partial charge in [0.25, 0.3) is 0 Å². The van der Waals surface area contributed by atoms with Gasteiger partial charge in [-0.2, -0.15) is 0 Å². The predicted octanol–water partition coefficient (Wildman–Crippen LogP) is 3.88. The van der Waals surface area contributed by atoms with Gasteiger partial charge in [0.05, 0.1) is 0 Å². The summed E-state index contributed by atoms with van der Waals surface area (Å²) in [6.07, 6.45) is 0.909. The Morgan fingerprint density at radius 1 is 0.900 bits per heavy atom. The van der Waals surface area contributed by atoms with E-state index in [-0.39, 0.29) is 0 Å². The Kier molecular flexibility index (Phi) is 4.46. The molecule has 20 heavy (non-hydrogen) atoms. The second-order valence-electron chi connectivity index (χ2n) is 5.52. The minimum atomic E-state index is 0.678. The second-order valence-corrected chi connectivity index (χ2v) is 5.52. The third-order valence-corrected chi connectivity index (χ3v) is 3.72. The van der Waals surface area contributed by atoms with Gasteiger partial charge in [0.15, 0.2) is 0 Å². The van der Waals surface area contributed by atoms with Crippen LogP contribution in [-0.2, 0) is 6.42 Å². The highest BCUT2D eigenvalue weighted by Gasteiger charge is 2.11. The van der Waals surface area contributed by atoms with Crippen molar-refractivity contribution in [3.8, 4) is 0 Å². The van der Waals surface area contributed by atoms with Crippen LogP contribution >= 0.6 is 0 Å². The molecule has 2 rings (SSSR count). The second kappa shape index (κ2) is 6.10. The lowest BCUT2D eigenvalue weighted by Gasteiger charge is -2.25. The van der Waals surface area contributed by atoms with E-state index in [0.29, 0.717) is 6.54 Å². The largest absolute Gasteiger partial charge is 0.344 e. The minimum Gasteiger partial charge on any atom is -0.344 e. The highest BCUT2D eigenvalue weighted by atomic mass is 15.1. The van der Waals surface area contributed by atoms with Gasteiger partial charge in [-0.1, -0.05) is 35.4 Å². The summed E-state index contributed by atoms with van der Waals surface area (Å²) in [6, 6.07) is 13.2. The molecule has 0 aromatic heterocycles. The molecule has 2 aromatic carbocycles. The summed E-state index contributed by atoms with van der Waals surface area (Å²) in [5.74, 6) is 0. The molecule has 0 aliphatic heterocycles. The molecule has 0 heterocycles. The molecule has 0 amide bonds. The molecular weight excluding hydrogens is 244 g/mol. The Hall–Kier alpha value is -1.80. The zero-order chi connectivity index (χ0) is 14.7. The van der Waals surface area contributed by atoms with E-state index >= 15 is 0 Å². The zero-order valence-corrected chi connectivity index (χ0v) is 12.9. The molecule has 0 saturated carbocycles. The summed E-state index contributed by atoms with van der Waals surface area (Å²) < 4.78 is 0. The number of rotatable bonds is 4. The van der Waals surface area contributed by atoms with Gasteiger partial charge in [-0.3, -0.25) is 0 Å². The first-order valence-corrected chi connectivity index (χ1v) is 7.13. The molecule has 0 unspecified atom stereocenters. The Morgan fingerprint density at radius 3 is 2.10 bits per heavy atom. The highest BCUT2D eigenvalue weighted by Crippen LogP contribution is 2.30. The SMILES string of the molecule is Cc1ccc(N(C)c2ccc(C)cc2CCN)c(C)c1. The summed E-state index contributed by atoms with van der Waals surface area (Å²) in [7, 11) is 2.13. The average Bonchev–Trinajstić information content (AvgIpc) is 2.38. The van der Waals surface area contributed by atoms with Crippen molar-refractivity contribution in [2.75, 3.05) is 18.5 Å². The molecule has 0 saturated heterocycles. The number of nitrogens with two attached hydrogens (primary N) is 1. The smallest absolute Gasteiger partial charge is 0.0441 e. The van der Waals surface area contributed by atoms with Crippen LogP contribution in [0.15, 0.2) is 36.4 Å². The molecule has 2 aromatic rings. The quantitative estimate of drug-likeness (QED) is 0.911. The van der Waals surface area contributed by atoms with Gasteiger partial charge in [0.2, 0.25) is 0 Å². The van der Waals surface area contributed by atoms with E-state index in [1.807, 2.05) is 0 Å². The first-order valence-electron chi connectivity index (χ1n) is 7.13. The number of anilines is 2. The number of hydrogen-bond donors (Lipinski definition) is 1. The molecule has 2 nitrogen and oxygen atoms in total. The molecule has 0 aliphatic carbocycles. The third-order valence-electron chi connectivity index (χ3n) is 3.72. The molecule has 2 heteroatoms. The van der Waals surface area contributed by atoms with Crippen molar-refractivity contribution in [1.29, 1.82) is 0 Å². The van der Waals surface area contributed by atoms with E-state index in [9.17, 15) is 0 Å². The van der Waals surface area contributed by atoms with E-state index in [1.165, 1.54) is 33.6 Å². The van der Waals surface area contributed by atoms with Gasteiger partial charge in [0.1, 0.15) is 0 Å². The van der Waals surface area contributed by atoms with Crippen molar-refractivity contribution in [2.24, 2.45) is 5.73 Å². The monoisotopic (exact) mass is 268 g/mol. The molecule has 0 atom stereocenters. The fraction of sp³-hybridized carbons (Fsp3) is 0.333. The van der Waals surface area contributed by atoms with Crippen LogP contribution in [0.2, 0.25) is 0 Å². The maximum atomic E-state index is 5.75. The van der Waals surface area contributed by atoms with Crippen molar-refractivity contribution >= 4 is 11.4 Å². The third kappa shape index (κ3) is 3.02. The van der Waals surface area contributed by atoms with Gasteiger partial charge in [-0.15, -0.1) is 0 Å². The van der Waals surface area contributed by atoms with Gasteiger partial charge in [0, 0.05) is 18.4 Å². The van der Waals surface area contributed by atoms with E-state index in [4.69, 9.17) is 5.73 Å². The lowest BCUT2D eigenvalue weighted by molar-refractivity contribution is 0.958. The van der Waals surface area contributed by atoms with Crippen LogP contribution in [0.1, 0.15) is 22.3 Å². The van der Waals surface area contributed by atoms with Crippen molar-refractivity contribution in [3.63, 3.8) is 0 Å². The van der Waals surface area contributed by atoms with E-state index in [0.717, 1.165) is 6.42 Å². The van der Waals surface area contributed by atoms with E-state index in [1.54, 1.807) is 0 Å². The highest BCUT2D eigenvalue weighted by molar-refractivity contribution is 5.69. The normalized spacial score (nSPS) is 10.7. The standard InChI is InChI=1S/C18H24N2/c1-13-5-7-17(15(3)11-13)20(4)18-8-6-14(2)12-16(18)9-10-19/h5-8,11-12H,9-10,19H2,1-4H3. The summed E-state index contributed by atoms with van der Waals surface area (Å²) in [6.45, 7) is 7.09. The fourth-order valence-corrected chi connectivity index (χ4v) is 2.71.